The first-order chi connectivity index (χ1) is 13.5. The van der Waals surface area contributed by atoms with Gasteiger partial charge in [-0.25, -0.2) is 14.3 Å². The maximum absolute atomic E-state index is 12.3. The van der Waals surface area contributed by atoms with Crippen molar-refractivity contribution < 1.29 is 14.6 Å². The molecule has 3 aromatic rings. The van der Waals surface area contributed by atoms with Gasteiger partial charge in [0.25, 0.3) is 5.56 Å². The smallest absolute Gasteiger partial charge is 0.335 e. The topological polar surface area (TPSA) is 135 Å². The second-order valence-corrected chi connectivity index (χ2v) is 6.12. The van der Waals surface area contributed by atoms with E-state index in [-0.39, 0.29) is 12.4 Å². The maximum atomic E-state index is 12.3. The van der Waals surface area contributed by atoms with Gasteiger partial charge in [-0.05, 0) is 19.1 Å². The Morgan fingerprint density at radius 1 is 1.32 bits per heavy atom. The molecule has 1 aliphatic rings. The lowest BCUT2D eigenvalue weighted by Crippen LogP contribution is -2.32. The van der Waals surface area contributed by atoms with Crippen molar-refractivity contribution in [3.05, 3.63) is 62.8 Å². The van der Waals surface area contributed by atoms with Gasteiger partial charge in [0.05, 0.1) is 12.0 Å². The minimum absolute atomic E-state index is 0.0677. The first-order valence-electron chi connectivity index (χ1n) is 8.51. The van der Waals surface area contributed by atoms with Crippen LogP contribution in [0.2, 0.25) is 0 Å². The van der Waals surface area contributed by atoms with E-state index in [9.17, 15) is 14.7 Å². The number of hydrogen-bond acceptors (Lipinski definition) is 7. The molecule has 0 atom stereocenters. The van der Waals surface area contributed by atoms with E-state index in [1.54, 1.807) is 37.6 Å². The number of benzene rings is 1. The summed E-state index contributed by atoms with van der Waals surface area (Å²) in [5, 5.41) is 10.7. The molecule has 0 fully saturated rings. The fourth-order valence-electron chi connectivity index (χ4n) is 2.96. The molecular formula is C18H17N5O5. The van der Waals surface area contributed by atoms with Crippen molar-refractivity contribution in [3.8, 4) is 23.1 Å². The van der Waals surface area contributed by atoms with Gasteiger partial charge in [0.2, 0.25) is 12.7 Å². The van der Waals surface area contributed by atoms with Crippen LogP contribution in [0.1, 0.15) is 18.2 Å². The van der Waals surface area contributed by atoms with Crippen LogP contribution in [0.5, 0.6) is 17.4 Å². The Balaban J connectivity index is 1.71. The Kier molecular flexibility index (Phi) is 4.44. The van der Waals surface area contributed by atoms with Crippen molar-refractivity contribution in [3.63, 3.8) is 0 Å². The second kappa shape index (κ2) is 7.06. The summed E-state index contributed by atoms with van der Waals surface area (Å²) in [5.74, 6) is 0.495. The molecule has 10 nitrogen and oxygen atoms in total. The summed E-state index contributed by atoms with van der Waals surface area (Å²) in [4.78, 5) is 38.1. The third-order valence-electron chi connectivity index (χ3n) is 4.35. The van der Waals surface area contributed by atoms with Gasteiger partial charge in [0.1, 0.15) is 5.56 Å². The lowest BCUT2D eigenvalue weighted by Gasteiger charge is -2.12. The van der Waals surface area contributed by atoms with Crippen molar-refractivity contribution in [2.45, 2.75) is 13.3 Å². The number of aromatic amines is 2. The number of H-pyrrole nitrogens is 2. The van der Waals surface area contributed by atoms with Crippen molar-refractivity contribution >= 4 is 5.71 Å². The van der Waals surface area contributed by atoms with Crippen molar-refractivity contribution in [1.29, 1.82) is 0 Å². The van der Waals surface area contributed by atoms with E-state index >= 15 is 0 Å². The van der Waals surface area contributed by atoms with Crippen LogP contribution in [-0.2, 0) is 6.42 Å². The summed E-state index contributed by atoms with van der Waals surface area (Å²) in [6.07, 6.45) is 3.86. The molecule has 28 heavy (non-hydrogen) atoms. The van der Waals surface area contributed by atoms with Gasteiger partial charge < -0.3 is 19.6 Å². The lowest BCUT2D eigenvalue weighted by atomic mass is 10.2. The average molecular weight is 383 g/mol. The minimum atomic E-state index is -0.768. The number of hydrogen-bond donors (Lipinski definition) is 3. The number of nitrogens with one attached hydrogen (secondary N) is 2. The Morgan fingerprint density at radius 3 is 2.93 bits per heavy atom. The molecular weight excluding hydrogens is 366 g/mol. The summed E-state index contributed by atoms with van der Waals surface area (Å²) in [5.41, 5.74) is 0.00168. The first kappa shape index (κ1) is 17.6. The van der Waals surface area contributed by atoms with Crippen molar-refractivity contribution in [1.82, 2.24) is 19.5 Å². The number of imidazole rings is 1. The molecule has 144 valence electrons. The molecule has 0 bridgehead atoms. The van der Waals surface area contributed by atoms with Gasteiger partial charge in [0.15, 0.2) is 11.5 Å². The minimum Gasteiger partial charge on any atom is -0.493 e. The van der Waals surface area contributed by atoms with E-state index < -0.39 is 17.1 Å². The van der Waals surface area contributed by atoms with Crippen LogP contribution in [0.15, 0.2) is 45.3 Å². The quantitative estimate of drug-likeness (QED) is 0.556. The molecule has 0 radical (unpaired) electrons. The normalized spacial score (nSPS) is 13.1. The first-order valence-corrected chi connectivity index (χ1v) is 8.51. The van der Waals surface area contributed by atoms with E-state index in [1.165, 1.54) is 0 Å². The van der Waals surface area contributed by atoms with Crippen LogP contribution >= 0.6 is 0 Å². The van der Waals surface area contributed by atoms with Gasteiger partial charge in [-0.1, -0.05) is 0 Å². The van der Waals surface area contributed by atoms with Gasteiger partial charge >= 0.3 is 5.69 Å². The van der Waals surface area contributed by atoms with E-state index in [1.807, 2.05) is 0 Å². The zero-order valence-electron chi connectivity index (χ0n) is 14.9. The number of rotatable bonds is 5. The third kappa shape index (κ3) is 3.15. The summed E-state index contributed by atoms with van der Waals surface area (Å²) in [6.45, 7) is 2.07. The third-order valence-corrected chi connectivity index (χ3v) is 4.35. The average Bonchev–Trinajstić information content (AvgIpc) is 3.32. The Bertz CT molecular complexity index is 1160. The Labute approximate surface area is 158 Å². The maximum Gasteiger partial charge on any atom is 0.335 e. The summed E-state index contributed by atoms with van der Waals surface area (Å²) < 4.78 is 11.5. The highest BCUT2D eigenvalue weighted by Gasteiger charge is 2.20. The summed E-state index contributed by atoms with van der Waals surface area (Å²) in [7, 11) is 0. The molecule has 0 amide bonds. The molecule has 4 rings (SSSR count). The summed E-state index contributed by atoms with van der Waals surface area (Å²) in [6, 6.07) is 4.76. The van der Waals surface area contributed by atoms with E-state index in [0.29, 0.717) is 35.9 Å². The van der Waals surface area contributed by atoms with Crippen molar-refractivity contribution in [2.24, 2.45) is 4.99 Å². The van der Waals surface area contributed by atoms with E-state index in [4.69, 9.17) is 9.47 Å². The standard InChI is InChI=1S/C18H17N5O5/c1-10(20-5-4-11-7-19-8-21-11)15-16(24)22-18(26)23(17(15)25)12-2-3-13-14(6-12)28-9-27-13/h2-3,6-8,25H,4-5,9H2,1H3,(H,19,21)(H,22,24,26). The van der Waals surface area contributed by atoms with Crippen LogP contribution in [-0.4, -0.2) is 43.7 Å². The molecule has 3 heterocycles. The molecule has 3 N–H and O–H groups in total. The molecule has 10 heteroatoms. The van der Waals surface area contributed by atoms with Crippen LogP contribution in [0, 0.1) is 0 Å². The molecule has 0 aliphatic carbocycles. The van der Waals surface area contributed by atoms with Crippen LogP contribution in [0.3, 0.4) is 0 Å². The molecule has 1 aromatic carbocycles. The van der Waals surface area contributed by atoms with Gasteiger partial charge in [-0.2, -0.15) is 0 Å². The van der Waals surface area contributed by atoms with E-state index in [2.05, 4.69) is 19.9 Å². The van der Waals surface area contributed by atoms with Gasteiger partial charge in [0, 0.05) is 36.6 Å². The zero-order chi connectivity index (χ0) is 19.7. The highest BCUT2D eigenvalue weighted by atomic mass is 16.7. The zero-order valence-corrected chi connectivity index (χ0v) is 14.9. The number of nitrogens with zero attached hydrogens (tertiary/aromatic N) is 3. The molecule has 0 saturated carbocycles. The number of aromatic nitrogens is 4. The van der Waals surface area contributed by atoms with Gasteiger partial charge in [-0.15, -0.1) is 0 Å². The highest BCUT2D eigenvalue weighted by molar-refractivity contribution is 6.00. The van der Waals surface area contributed by atoms with Crippen LogP contribution < -0.4 is 20.7 Å². The Morgan fingerprint density at radius 2 is 2.14 bits per heavy atom. The predicted molar refractivity (Wildman–Crippen MR) is 99.8 cm³/mol. The van der Waals surface area contributed by atoms with E-state index in [0.717, 1.165) is 10.3 Å². The summed E-state index contributed by atoms with van der Waals surface area (Å²) >= 11 is 0. The second-order valence-electron chi connectivity index (χ2n) is 6.12. The molecule has 0 saturated heterocycles. The number of aromatic hydroxyl groups is 1. The SMILES string of the molecule is CC(=NCCc1cnc[nH]1)c1c(O)n(-c2ccc3c(c2)OCO3)c(=O)[nH]c1=O. The number of fused-ring (bicyclic) bond motifs is 1. The van der Waals surface area contributed by atoms with Crippen LogP contribution in [0.25, 0.3) is 5.69 Å². The Hall–Kier alpha value is -3.82. The number of aliphatic imine (C=N–C) groups is 1. The number of ether oxygens (including phenoxy) is 2. The predicted octanol–water partition coefficient (Wildman–Crippen LogP) is 0.735. The highest BCUT2D eigenvalue weighted by Crippen LogP contribution is 2.34. The monoisotopic (exact) mass is 383 g/mol. The molecule has 2 aromatic heterocycles. The molecule has 1 aliphatic heterocycles. The molecule has 0 unspecified atom stereocenters. The fourth-order valence-corrected chi connectivity index (χ4v) is 2.96. The largest absolute Gasteiger partial charge is 0.493 e. The van der Waals surface area contributed by atoms with Crippen LogP contribution in [0.4, 0.5) is 0 Å². The van der Waals surface area contributed by atoms with Gasteiger partial charge in [-0.3, -0.25) is 14.8 Å². The lowest BCUT2D eigenvalue weighted by molar-refractivity contribution is 0.174. The fraction of sp³-hybridized carbons (Fsp3) is 0.222. The molecule has 0 spiro atoms. The van der Waals surface area contributed by atoms with Crippen molar-refractivity contribution in [2.75, 3.05) is 13.3 Å².